The minimum Gasteiger partial charge on any atom is -0.382 e. The van der Waals surface area contributed by atoms with E-state index in [0.717, 1.165) is 222 Å². The lowest BCUT2D eigenvalue weighted by Crippen LogP contribution is -2.51. The van der Waals surface area contributed by atoms with Crippen LogP contribution in [0, 0.1) is 152 Å². The Labute approximate surface area is 680 Å². The van der Waals surface area contributed by atoms with Gasteiger partial charge in [0.15, 0.2) is 0 Å². The van der Waals surface area contributed by atoms with Gasteiger partial charge >= 0.3 is 0 Å². The standard InChI is InChI=1S/C13H22O.2C12H20O.C12H22O.C12H24O.C11H20O.C10H18O.C10H20O.C9H16O/c1-2-14-9-13-6-10-3-11(7-13)5-12(4-10)8-13;1-2-13-12-6-9-3-10(7-12)5-11(4-9)8-12;1-2-13-12-10-4-8-3-9(6-10)7-11(12)5-8;1-5-13-10-8-9-6-7-12(10,4)11(9,2)3;1-5-13-12-8-10(4)6-7-11(12)9(2)3;1-2-12-6-5-11-8-9-3-4-10(11)7-9;1-2-11-7-10-6-8-3-4-9(10)5-8;1-2-11-9-8-10-6-4-3-5-7-10;1-2-10-9-6-7-3-4-8(9)5-7/h10-12H,2-9H2,1H3;9-11H,2-8H2,1H3;8-12H,2-7H2,1H3;9-10H,5-8H2,1-4H3;9-12H,5-8H2,1-4H3;9-11H,2-8H2,1H3;8-10H,2-7H2,1H3;10H,2-9H2,1H3;7-9H,2-6H2,1H3. The third-order valence-corrected chi connectivity index (χ3v) is 34.9. The lowest BCUT2D eigenvalue weighted by molar-refractivity contribution is -0.159. The maximum atomic E-state index is 6.04. The predicted molar refractivity (Wildman–Crippen MR) is 458 cm³/mol. The first kappa shape index (κ1) is 90.4. The van der Waals surface area contributed by atoms with Gasteiger partial charge in [0.1, 0.15) is 0 Å². The number of hydrogen-bond acceptors (Lipinski definition) is 9. The SMILES string of the molecule is CCOC12CC3CC(CC(C3)C1)C2.CCOC1C2CC3CC(C2)CC1C3.CCOC1CC(C)CCC1C(C)C.CCOC1CC2CCC1(C)C2(C)C.CCOC1CC2CCC1C2.CCOCC12CC3CC(CC(C3)C1)C2.CCOCC1CC2CCC1C2.CCOCCC1CC2CCC1C2.CCOCCC1CCCCC1. The molecule has 22 saturated carbocycles. The maximum Gasteiger partial charge on any atom is 0.0690 e. The van der Waals surface area contributed by atoms with Crippen LogP contribution in [0.1, 0.15) is 374 Å². The second-order valence-corrected chi connectivity index (χ2v) is 43.0. The Morgan fingerprint density at radius 2 is 0.836 bits per heavy atom. The van der Waals surface area contributed by atoms with Crippen molar-refractivity contribution < 1.29 is 42.6 Å². The molecule has 0 heterocycles. The summed E-state index contributed by atoms with van der Waals surface area (Å²) in [4.78, 5) is 0. The molecule has 0 aromatic carbocycles. The van der Waals surface area contributed by atoms with Crippen molar-refractivity contribution in [1.82, 2.24) is 0 Å². The number of hydrogen-bond donors (Lipinski definition) is 0. The molecule has 22 fully saturated rings. The van der Waals surface area contributed by atoms with Gasteiger partial charge < -0.3 is 42.6 Å². The molecule has 15 unspecified atom stereocenters. The highest BCUT2D eigenvalue weighted by Crippen LogP contribution is 2.67. The molecule has 9 nitrogen and oxygen atoms in total. The fourth-order valence-corrected chi connectivity index (χ4v) is 30.2. The number of ether oxygens (including phenoxy) is 9. The Bertz CT molecular complexity index is 2430. The van der Waals surface area contributed by atoms with Gasteiger partial charge in [-0.05, 0) is 433 Å². The van der Waals surface area contributed by atoms with Crippen molar-refractivity contribution in [3.8, 4) is 0 Å². The van der Waals surface area contributed by atoms with Crippen LogP contribution in [0.3, 0.4) is 0 Å². The fraction of sp³-hybridized carbons (Fsp3) is 1.00. The highest BCUT2D eigenvalue weighted by molar-refractivity contribution is 5.11. The van der Waals surface area contributed by atoms with E-state index in [4.69, 9.17) is 42.6 Å². The van der Waals surface area contributed by atoms with E-state index in [1.54, 1.807) is 25.7 Å². The van der Waals surface area contributed by atoms with Crippen LogP contribution in [-0.2, 0) is 42.6 Å². The van der Waals surface area contributed by atoms with Crippen LogP contribution in [0.25, 0.3) is 0 Å². The third-order valence-electron chi connectivity index (χ3n) is 34.9. The molecule has 0 N–H and O–H groups in total. The zero-order chi connectivity index (χ0) is 77.8. The van der Waals surface area contributed by atoms with E-state index in [1.807, 2.05) is 0 Å². The quantitative estimate of drug-likeness (QED) is 0.0830. The normalized spacial score (nSPS) is 43.1. The molecule has 0 aliphatic heterocycles. The van der Waals surface area contributed by atoms with Crippen LogP contribution < -0.4 is 0 Å². The molecule has 20 bridgehead atoms. The summed E-state index contributed by atoms with van der Waals surface area (Å²) in [6.45, 7) is 45.5. The van der Waals surface area contributed by atoms with E-state index < -0.39 is 0 Å². The fourth-order valence-electron chi connectivity index (χ4n) is 30.2. The van der Waals surface area contributed by atoms with Gasteiger partial charge in [-0.1, -0.05) is 92.9 Å². The van der Waals surface area contributed by atoms with Gasteiger partial charge in [-0.2, -0.15) is 0 Å². The highest BCUT2D eigenvalue weighted by Gasteiger charge is 2.62. The van der Waals surface area contributed by atoms with E-state index in [2.05, 4.69) is 104 Å². The Morgan fingerprint density at radius 1 is 0.355 bits per heavy atom. The Balaban J connectivity index is 0.000000123. The minimum atomic E-state index is 0.351. The summed E-state index contributed by atoms with van der Waals surface area (Å²) in [7, 11) is 0. The molecular formula is C101H182O9. The zero-order valence-electron chi connectivity index (χ0n) is 75.2. The van der Waals surface area contributed by atoms with Gasteiger partial charge in [-0.15, -0.1) is 0 Å². The van der Waals surface area contributed by atoms with Crippen molar-refractivity contribution in [2.24, 2.45) is 152 Å². The first-order valence-electron chi connectivity index (χ1n) is 49.7. The van der Waals surface area contributed by atoms with E-state index in [1.165, 1.54) is 244 Å². The van der Waals surface area contributed by atoms with E-state index in [9.17, 15) is 0 Å². The van der Waals surface area contributed by atoms with Gasteiger partial charge in [0, 0.05) is 79.3 Å². The maximum absolute atomic E-state index is 6.04. The highest BCUT2D eigenvalue weighted by atomic mass is 16.5. The topological polar surface area (TPSA) is 83.1 Å². The van der Waals surface area contributed by atoms with Crippen molar-refractivity contribution in [2.45, 2.75) is 404 Å². The monoisotopic (exact) mass is 1540 g/mol. The van der Waals surface area contributed by atoms with Crippen molar-refractivity contribution in [2.75, 3.05) is 85.9 Å². The molecule has 640 valence electrons. The zero-order valence-corrected chi connectivity index (χ0v) is 75.2. The molecule has 0 saturated heterocycles. The van der Waals surface area contributed by atoms with Crippen molar-refractivity contribution in [3.05, 3.63) is 0 Å². The molecule has 15 atom stereocenters. The minimum absolute atomic E-state index is 0.351. The van der Waals surface area contributed by atoms with Crippen LogP contribution in [-0.4, -0.2) is 116 Å². The third kappa shape index (κ3) is 24.5. The Hall–Kier alpha value is -0.360. The lowest BCUT2D eigenvalue weighted by atomic mass is 9.50. The average Bonchev–Trinajstić information content (AvgIpc) is 1.54. The second kappa shape index (κ2) is 44.3. The summed E-state index contributed by atoms with van der Waals surface area (Å²) in [5, 5.41) is 0. The molecule has 22 rings (SSSR count). The average molecular weight is 1540 g/mol. The molecule has 22 aliphatic rings. The van der Waals surface area contributed by atoms with Crippen LogP contribution in [0.5, 0.6) is 0 Å². The van der Waals surface area contributed by atoms with Crippen LogP contribution in [0.2, 0.25) is 0 Å². The summed E-state index contributed by atoms with van der Waals surface area (Å²) in [5.74, 6) is 22.9. The Kier molecular flexibility index (Phi) is 36.4. The first-order chi connectivity index (χ1) is 53.3. The second-order valence-electron chi connectivity index (χ2n) is 43.0. The first-order valence-corrected chi connectivity index (χ1v) is 49.7. The van der Waals surface area contributed by atoms with Gasteiger partial charge in [0.25, 0.3) is 0 Å². The largest absolute Gasteiger partial charge is 0.382 e. The smallest absolute Gasteiger partial charge is 0.0690 e. The molecule has 0 aromatic rings. The van der Waals surface area contributed by atoms with E-state index in [-0.39, 0.29) is 0 Å². The number of rotatable bonds is 25. The lowest BCUT2D eigenvalue weighted by Gasteiger charge is -2.56. The predicted octanol–water partition coefficient (Wildman–Crippen LogP) is 26.3. The van der Waals surface area contributed by atoms with E-state index in [0.29, 0.717) is 46.3 Å². The molecule has 22 aliphatic carbocycles. The van der Waals surface area contributed by atoms with E-state index >= 15 is 0 Å². The van der Waals surface area contributed by atoms with Gasteiger partial charge in [0.05, 0.1) is 36.6 Å². The van der Waals surface area contributed by atoms with Crippen molar-refractivity contribution >= 4 is 0 Å². The summed E-state index contributed by atoms with van der Waals surface area (Å²) in [6.07, 6.45) is 63.5. The summed E-state index contributed by atoms with van der Waals surface area (Å²) < 4.78 is 51.2. The van der Waals surface area contributed by atoms with Crippen LogP contribution in [0.4, 0.5) is 0 Å². The summed E-state index contributed by atoms with van der Waals surface area (Å²) in [5.41, 5.74) is 1.94. The van der Waals surface area contributed by atoms with Crippen molar-refractivity contribution in [3.63, 3.8) is 0 Å². The van der Waals surface area contributed by atoms with Crippen LogP contribution >= 0.6 is 0 Å². The molecule has 0 radical (unpaired) electrons. The van der Waals surface area contributed by atoms with Gasteiger partial charge in [0.2, 0.25) is 0 Å². The van der Waals surface area contributed by atoms with Gasteiger partial charge in [-0.25, -0.2) is 0 Å². The molecule has 110 heavy (non-hydrogen) atoms. The molecular weight excluding hydrogens is 1360 g/mol. The molecule has 9 heteroatoms. The molecule has 0 amide bonds. The Morgan fingerprint density at radius 3 is 1.28 bits per heavy atom. The summed E-state index contributed by atoms with van der Waals surface area (Å²) >= 11 is 0. The van der Waals surface area contributed by atoms with Gasteiger partial charge in [-0.3, -0.25) is 0 Å². The molecule has 0 spiro atoms. The summed E-state index contributed by atoms with van der Waals surface area (Å²) in [6, 6.07) is 0. The molecule has 0 aromatic heterocycles. The van der Waals surface area contributed by atoms with Crippen molar-refractivity contribution in [1.29, 1.82) is 0 Å². The van der Waals surface area contributed by atoms with Crippen LogP contribution in [0.15, 0.2) is 0 Å². The number of fused-ring (bicyclic) bond motifs is 8.